The Hall–Kier alpha value is -3.75. The van der Waals surface area contributed by atoms with Gasteiger partial charge in [-0.2, -0.15) is 10.4 Å². The number of nitrogens with one attached hydrogen (secondary N) is 2. The second-order valence-corrected chi connectivity index (χ2v) is 11.6. The molecule has 0 bridgehead atoms. The number of nitriles is 1. The number of hydrogen-bond donors (Lipinski definition) is 2. The highest BCUT2D eigenvalue weighted by atomic mass is 32.2. The van der Waals surface area contributed by atoms with Gasteiger partial charge in [0.15, 0.2) is 5.69 Å². The van der Waals surface area contributed by atoms with Gasteiger partial charge in [0.05, 0.1) is 29.7 Å². The van der Waals surface area contributed by atoms with Gasteiger partial charge in [-0.15, -0.1) is 0 Å². The van der Waals surface area contributed by atoms with E-state index in [9.17, 15) is 13.2 Å². The first-order valence-corrected chi connectivity index (χ1v) is 13.3. The number of carbonyl (C=O) groups excluding carboxylic acids is 1. The number of pyridine rings is 1. The van der Waals surface area contributed by atoms with Crippen LogP contribution in [-0.2, 0) is 34.2 Å². The molecule has 1 amide bonds. The monoisotopic (exact) mass is 524 g/mol. The van der Waals surface area contributed by atoms with Gasteiger partial charge in [-0.1, -0.05) is 32.9 Å². The van der Waals surface area contributed by atoms with Crippen molar-refractivity contribution >= 4 is 21.6 Å². The van der Waals surface area contributed by atoms with Gasteiger partial charge in [0.25, 0.3) is 5.91 Å². The quantitative estimate of drug-likeness (QED) is 0.436. The summed E-state index contributed by atoms with van der Waals surface area (Å²) < 4.78 is 35.8. The van der Waals surface area contributed by atoms with Crippen molar-refractivity contribution in [1.29, 1.82) is 5.26 Å². The van der Waals surface area contributed by atoms with Gasteiger partial charge >= 0.3 is 0 Å². The topological polar surface area (TPSA) is 139 Å². The zero-order valence-corrected chi connectivity index (χ0v) is 22.7. The van der Waals surface area contributed by atoms with E-state index in [0.29, 0.717) is 22.4 Å². The lowest BCUT2D eigenvalue weighted by Gasteiger charge is -2.28. The Bertz CT molecular complexity index is 1420. The van der Waals surface area contributed by atoms with Crippen molar-refractivity contribution in [2.24, 2.45) is 12.5 Å². The maximum Gasteiger partial charge on any atom is 0.271 e. The maximum absolute atomic E-state index is 13.4. The van der Waals surface area contributed by atoms with Crippen molar-refractivity contribution in [3.63, 3.8) is 0 Å². The number of aryl methyl sites for hydroxylation is 1. The summed E-state index contributed by atoms with van der Waals surface area (Å²) in [6.45, 7) is 8.07. The molecular formula is C26H32N6O4S. The number of aromatic nitrogens is 3. The van der Waals surface area contributed by atoms with Gasteiger partial charge in [0, 0.05) is 32.0 Å². The number of carbonyl (C=O) groups is 1. The molecule has 0 aliphatic rings. The highest BCUT2D eigenvalue weighted by Gasteiger charge is 2.30. The van der Waals surface area contributed by atoms with Crippen molar-refractivity contribution < 1.29 is 17.9 Å². The van der Waals surface area contributed by atoms with Crippen LogP contribution < -0.4 is 10.0 Å². The van der Waals surface area contributed by atoms with Crippen LogP contribution in [0.2, 0.25) is 0 Å². The second-order valence-electron chi connectivity index (χ2n) is 9.86. The van der Waals surface area contributed by atoms with E-state index in [1.54, 1.807) is 49.6 Å². The molecule has 196 valence electrons. The fourth-order valence-electron chi connectivity index (χ4n) is 3.54. The standard InChI is InChI=1S/C26H32N6O4S/c1-17(26(2,3)4)29-25(33)24-23(31-37(34,35)16-19-11-9-18(14-27)10-12-19)22(30-32(24)5)20-8-7-13-28-21(20)15-36-6/h7-13,17,31H,15-16H2,1-6H3,(H,29,33)/t17-/m0/s1. The first-order chi connectivity index (χ1) is 17.4. The molecule has 0 aliphatic carbocycles. The van der Waals surface area contributed by atoms with Crippen LogP contribution in [0.15, 0.2) is 42.6 Å². The molecule has 0 unspecified atom stereocenters. The van der Waals surface area contributed by atoms with Gasteiger partial charge in [0.2, 0.25) is 10.0 Å². The molecule has 0 saturated carbocycles. The van der Waals surface area contributed by atoms with Crippen LogP contribution in [0.25, 0.3) is 11.3 Å². The molecule has 3 rings (SSSR count). The highest BCUT2D eigenvalue weighted by Crippen LogP contribution is 2.34. The van der Waals surface area contributed by atoms with E-state index in [4.69, 9.17) is 10.00 Å². The third kappa shape index (κ3) is 6.72. The number of benzene rings is 1. The smallest absolute Gasteiger partial charge is 0.271 e. The summed E-state index contributed by atoms with van der Waals surface area (Å²) in [7, 11) is -0.860. The first kappa shape index (κ1) is 27.8. The summed E-state index contributed by atoms with van der Waals surface area (Å²) in [6.07, 6.45) is 1.61. The predicted molar refractivity (Wildman–Crippen MR) is 141 cm³/mol. The van der Waals surface area contributed by atoms with Crippen LogP contribution >= 0.6 is 0 Å². The number of nitrogens with zero attached hydrogens (tertiary/aromatic N) is 4. The Morgan fingerprint density at radius 3 is 2.49 bits per heavy atom. The summed E-state index contributed by atoms with van der Waals surface area (Å²) in [5.74, 6) is -0.818. The average molecular weight is 525 g/mol. The number of hydrogen-bond acceptors (Lipinski definition) is 7. The average Bonchev–Trinajstić information content (AvgIpc) is 3.14. The molecule has 10 nitrogen and oxygen atoms in total. The van der Waals surface area contributed by atoms with Crippen LogP contribution in [0.1, 0.15) is 55.0 Å². The SMILES string of the molecule is COCc1ncccc1-c1nn(C)c(C(=O)N[C@@H](C)C(C)(C)C)c1NS(=O)(=O)Cc1ccc(C#N)cc1. The fourth-order valence-corrected chi connectivity index (χ4v) is 4.75. The van der Waals surface area contributed by atoms with Crippen LogP contribution in [0.5, 0.6) is 0 Å². The Labute approximate surface area is 217 Å². The third-order valence-corrected chi connectivity index (χ3v) is 7.26. The lowest BCUT2D eigenvalue weighted by atomic mass is 9.88. The predicted octanol–water partition coefficient (Wildman–Crippen LogP) is 3.61. The van der Waals surface area contributed by atoms with Crippen LogP contribution in [0, 0.1) is 16.7 Å². The van der Waals surface area contributed by atoms with Gasteiger partial charge in [-0.25, -0.2) is 8.42 Å². The molecular weight excluding hydrogens is 492 g/mol. The molecule has 2 heterocycles. The van der Waals surface area contributed by atoms with Gasteiger partial charge < -0.3 is 10.1 Å². The number of anilines is 1. The Morgan fingerprint density at radius 2 is 1.89 bits per heavy atom. The highest BCUT2D eigenvalue weighted by molar-refractivity contribution is 7.91. The largest absolute Gasteiger partial charge is 0.378 e. The van der Waals surface area contributed by atoms with Crippen LogP contribution in [0.4, 0.5) is 5.69 Å². The summed E-state index contributed by atoms with van der Waals surface area (Å²) in [5.41, 5.74) is 2.18. The molecule has 0 fully saturated rings. The van der Waals surface area contributed by atoms with Gasteiger partial charge in [-0.05, 0) is 42.2 Å². The lowest BCUT2D eigenvalue weighted by Crippen LogP contribution is -2.42. The van der Waals surface area contributed by atoms with E-state index in [1.807, 2.05) is 33.8 Å². The second kappa shape index (κ2) is 11.1. The molecule has 11 heteroatoms. The molecule has 0 radical (unpaired) electrons. The molecule has 0 saturated heterocycles. The van der Waals surface area contributed by atoms with E-state index in [0.717, 1.165) is 0 Å². The van der Waals surface area contributed by atoms with E-state index >= 15 is 0 Å². The zero-order chi connectivity index (χ0) is 27.4. The summed E-state index contributed by atoms with van der Waals surface area (Å²) in [6, 6.07) is 11.5. The zero-order valence-electron chi connectivity index (χ0n) is 21.9. The maximum atomic E-state index is 13.4. The van der Waals surface area contributed by atoms with Crippen molar-refractivity contribution in [3.8, 4) is 17.3 Å². The van der Waals surface area contributed by atoms with E-state index in [1.165, 1.54) is 11.8 Å². The summed E-state index contributed by atoms with van der Waals surface area (Å²) >= 11 is 0. The lowest BCUT2D eigenvalue weighted by molar-refractivity contribution is 0.0901. The van der Waals surface area contributed by atoms with E-state index < -0.39 is 15.9 Å². The Kier molecular flexibility index (Phi) is 8.35. The molecule has 1 aromatic carbocycles. The van der Waals surface area contributed by atoms with Crippen LogP contribution in [-0.4, -0.2) is 42.2 Å². The van der Waals surface area contributed by atoms with Gasteiger partial charge in [0.1, 0.15) is 11.4 Å². The number of sulfonamides is 1. The molecule has 3 aromatic rings. The summed E-state index contributed by atoms with van der Waals surface area (Å²) in [5, 5.41) is 16.5. The van der Waals surface area contributed by atoms with Gasteiger partial charge in [-0.3, -0.25) is 19.2 Å². The Morgan fingerprint density at radius 1 is 1.22 bits per heavy atom. The number of ether oxygens (including phenoxy) is 1. The molecule has 2 aromatic heterocycles. The minimum absolute atomic E-state index is 0.0557. The van der Waals surface area contributed by atoms with Crippen molar-refractivity contribution in [3.05, 3.63) is 65.1 Å². The normalized spacial score (nSPS) is 12.6. The number of rotatable bonds is 9. The Balaban J connectivity index is 2.10. The first-order valence-electron chi connectivity index (χ1n) is 11.7. The third-order valence-electron chi connectivity index (χ3n) is 6.03. The summed E-state index contributed by atoms with van der Waals surface area (Å²) in [4.78, 5) is 17.8. The van der Waals surface area contributed by atoms with Crippen molar-refractivity contribution in [2.75, 3.05) is 11.8 Å². The van der Waals surface area contributed by atoms with E-state index in [-0.39, 0.29) is 40.9 Å². The number of amides is 1. The molecule has 0 aliphatic heterocycles. The van der Waals surface area contributed by atoms with Crippen molar-refractivity contribution in [1.82, 2.24) is 20.1 Å². The molecule has 1 atom stereocenters. The van der Waals surface area contributed by atoms with Crippen LogP contribution in [0.3, 0.4) is 0 Å². The minimum atomic E-state index is -3.98. The van der Waals surface area contributed by atoms with E-state index in [2.05, 4.69) is 20.1 Å². The van der Waals surface area contributed by atoms with Crippen molar-refractivity contribution in [2.45, 2.75) is 46.1 Å². The fraction of sp³-hybridized carbons (Fsp3) is 0.385. The number of methoxy groups -OCH3 is 1. The molecule has 2 N–H and O–H groups in total. The molecule has 37 heavy (non-hydrogen) atoms. The minimum Gasteiger partial charge on any atom is -0.378 e. The molecule has 0 spiro atoms.